The summed E-state index contributed by atoms with van der Waals surface area (Å²) >= 11 is 5.87. The highest BCUT2D eigenvalue weighted by atomic mass is 35.5. The molecule has 0 fully saturated rings. The van der Waals surface area contributed by atoms with E-state index in [2.05, 4.69) is 15.3 Å². The van der Waals surface area contributed by atoms with E-state index in [4.69, 9.17) is 17.3 Å². The second kappa shape index (κ2) is 3.71. The van der Waals surface area contributed by atoms with Crippen LogP contribution < -0.4 is 5.73 Å². The maximum atomic E-state index is 5.87. The summed E-state index contributed by atoms with van der Waals surface area (Å²) in [6.07, 6.45) is 3.32. The normalized spacial score (nSPS) is 10.9. The summed E-state index contributed by atoms with van der Waals surface area (Å²) in [6, 6.07) is 7.79. The van der Waals surface area contributed by atoms with Crippen molar-refractivity contribution in [2.75, 3.05) is 5.73 Å². The second-order valence-corrected chi connectivity index (χ2v) is 3.97. The minimum atomic E-state index is 0.279. The minimum Gasteiger partial charge on any atom is -0.381 e. The molecule has 1 aromatic carbocycles. The summed E-state index contributed by atoms with van der Waals surface area (Å²) in [5.74, 6) is 0.892. The average molecular weight is 246 g/mol. The molecular formula is C11H8ClN5. The van der Waals surface area contributed by atoms with Crippen molar-refractivity contribution in [1.82, 2.24) is 20.0 Å². The molecule has 5 nitrogen and oxygen atoms in total. The first-order valence-corrected chi connectivity index (χ1v) is 5.35. The van der Waals surface area contributed by atoms with E-state index in [0.717, 1.165) is 10.8 Å². The zero-order chi connectivity index (χ0) is 11.8. The summed E-state index contributed by atoms with van der Waals surface area (Å²) < 4.78 is 1.53. The molecule has 0 aliphatic rings. The maximum absolute atomic E-state index is 5.87. The number of fused-ring (bicyclic) bond motifs is 1. The fourth-order valence-corrected chi connectivity index (χ4v) is 1.79. The molecular weight excluding hydrogens is 238 g/mol. The van der Waals surface area contributed by atoms with Crippen molar-refractivity contribution in [2.24, 2.45) is 0 Å². The number of benzene rings is 1. The third kappa shape index (κ3) is 1.60. The Bertz CT molecular complexity index is 666. The first kappa shape index (κ1) is 10.0. The molecule has 0 unspecified atom stereocenters. The van der Waals surface area contributed by atoms with E-state index in [1.807, 2.05) is 24.3 Å². The smallest absolute Gasteiger partial charge is 0.183 e. The van der Waals surface area contributed by atoms with Crippen molar-refractivity contribution in [2.45, 2.75) is 0 Å². The van der Waals surface area contributed by atoms with E-state index in [1.165, 1.54) is 4.68 Å². The SMILES string of the molecule is Nc1nn(-c2nncc3ccccc23)cc1Cl. The zero-order valence-electron chi connectivity index (χ0n) is 8.71. The van der Waals surface area contributed by atoms with E-state index in [9.17, 15) is 0 Å². The Morgan fingerprint density at radius 3 is 2.82 bits per heavy atom. The van der Waals surface area contributed by atoms with Gasteiger partial charge in [-0.3, -0.25) is 0 Å². The van der Waals surface area contributed by atoms with Crippen LogP contribution in [0.3, 0.4) is 0 Å². The molecule has 0 saturated carbocycles. The number of nitrogens with two attached hydrogens (primary N) is 1. The molecule has 0 saturated heterocycles. The molecule has 6 heteroatoms. The summed E-state index contributed by atoms with van der Waals surface area (Å²) in [4.78, 5) is 0. The highest BCUT2D eigenvalue weighted by Gasteiger charge is 2.09. The summed E-state index contributed by atoms with van der Waals surface area (Å²) in [5.41, 5.74) is 5.61. The first-order chi connectivity index (χ1) is 8.25. The summed E-state index contributed by atoms with van der Waals surface area (Å²) in [7, 11) is 0. The van der Waals surface area contributed by atoms with E-state index in [0.29, 0.717) is 10.8 Å². The molecule has 3 aromatic rings. The third-order valence-corrected chi connectivity index (χ3v) is 2.75. The van der Waals surface area contributed by atoms with Crippen LogP contribution in [0.25, 0.3) is 16.6 Å². The van der Waals surface area contributed by atoms with Crippen LogP contribution in [0.15, 0.2) is 36.7 Å². The number of hydrogen-bond donors (Lipinski definition) is 1. The average Bonchev–Trinajstić information content (AvgIpc) is 2.69. The molecule has 2 heterocycles. The first-order valence-electron chi connectivity index (χ1n) is 4.97. The fourth-order valence-electron chi connectivity index (χ4n) is 1.66. The van der Waals surface area contributed by atoms with Gasteiger partial charge in [-0.15, -0.1) is 10.2 Å². The van der Waals surface area contributed by atoms with Crippen molar-refractivity contribution in [3.63, 3.8) is 0 Å². The number of nitrogen functional groups attached to an aromatic ring is 1. The van der Waals surface area contributed by atoms with E-state index in [-0.39, 0.29) is 5.82 Å². The Balaban J connectivity index is 2.30. The predicted molar refractivity (Wildman–Crippen MR) is 66.1 cm³/mol. The van der Waals surface area contributed by atoms with Crippen LogP contribution in [-0.2, 0) is 0 Å². The van der Waals surface area contributed by atoms with Gasteiger partial charge in [0, 0.05) is 10.8 Å². The van der Waals surface area contributed by atoms with Crippen LogP contribution in [0.4, 0.5) is 5.82 Å². The molecule has 17 heavy (non-hydrogen) atoms. The van der Waals surface area contributed by atoms with Crippen LogP contribution in [-0.4, -0.2) is 20.0 Å². The highest BCUT2D eigenvalue weighted by Crippen LogP contribution is 2.22. The zero-order valence-corrected chi connectivity index (χ0v) is 9.46. The van der Waals surface area contributed by atoms with Crippen LogP contribution in [0, 0.1) is 0 Å². The van der Waals surface area contributed by atoms with Gasteiger partial charge in [-0.1, -0.05) is 35.9 Å². The minimum absolute atomic E-state index is 0.279. The van der Waals surface area contributed by atoms with Crippen molar-refractivity contribution in [1.29, 1.82) is 0 Å². The largest absolute Gasteiger partial charge is 0.381 e. The van der Waals surface area contributed by atoms with Gasteiger partial charge in [0.05, 0.1) is 12.4 Å². The monoisotopic (exact) mass is 245 g/mol. The Kier molecular flexibility index (Phi) is 2.19. The van der Waals surface area contributed by atoms with Crippen molar-refractivity contribution < 1.29 is 0 Å². The number of halogens is 1. The van der Waals surface area contributed by atoms with Gasteiger partial charge in [0.2, 0.25) is 0 Å². The molecule has 0 aliphatic carbocycles. The lowest BCUT2D eigenvalue weighted by Crippen LogP contribution is -2.01. The number of aromatic nitrogens is 4. The van der Waals surface area contributed by atoms with Gasteiger partial charge in [-0.05, 0) is 0 Å². The maximum Gasteiger partial charge on any atom is 0.183 e. The van der Waals surface area contributed by atoms with Crippen molar-refractivity contribution in [3.05, 3.63) is 41.7 Å². The number of hydrogen-bond acceptors (Lipinski definition) is 4. The van der Waals surface area contributed by atoms with Crippen LogP contribution >= 0.6 is 11.6 Å². The Morgan fingerprint density at radius 1 is 1.24 bits per heavy atom. The number of anilines is 1. The summed E-state index contributed by atoms with van der Waals surface area (Å²) in [5, 5.41) is 14.4. The molecule has 0 atom stereocenters. The molecule has 2 N–H and O–H groups in total. The second-order valence-electron chi connectivity index (χ2n) is 3.56. The lowest BCUT2D eigenvalue weighted by atomic mass is 10.2. The van der Waals surface area contributed by atoms with Gasteiger partial charge in [0.15, 0.2) is 11.6 Å². The topological polar surface area (TPSA) is 69.6 Å². The number of rotatable bonds is 1. The van der Waals surface area contributed by atoms with E-state index >= 15 is 0 Å². The van der Waals surface area contributed by atoms with Gasteiger partial charge in [-0.2, -0.15) is 5.10 Å². The van der Waals surface area contributed by atoms with Crippen LogP contribution in [0.1, 0.15) is 0 Å². The standard InChI is InChI=1S/C11H8ClN5/c12-9-6-17(16-10(9)13)11-8-4-2-1-3-7(8)5-14-15-11/h1-6H,(H2,13,16). The fraction of sp³-hybridized carbons (Fsp3) is 0. The van der Waals surface area contributed by atoms with E-state index < -0.39 is 0 Å². The molecule has 0 aliphatic heterocycles. The quantitative estimate of drug-likeness (QED) is 0.712. The Hall–Kier alpha value is -2.14. The molecule has 84 valence electrons. The Morgan fingerprint density at radius 2 is 2.06 bits per heavy atom. The van der Waals surface area contributed by atoms with Crippen molar-refractivity contribution in [3.8, 4) is 5.82 Å². The predicted octanol–water partition coefficient (Wildman–Crippen LogP) is 2.05. The van der Waals surface area contributed by atoms with Gasteiger partial charge >= 0.3 is 0 Å². The van der Waals surface area contributed by atoms with Crippen LogP contribution in [0.5, 0.6) is 0 Å². The van der Waals surface area contributed by atoms with Gasteiger partial charge in [0.25, 0.3) is 0 Å². The summed E-state index contributed by atoms with van der Waals surface area (Å²) in [6.45, 7) is 0. The highest BCUT2D eigenvalue weighted by molar-refractivity contribution is 6.32. The Labute approximate surface area is 102 Å². The van der Waals surface area contributed by atoms with E-state index in [1.54, 1.807) is 12.4 Å². The molecule has 0 radical (unpaired) electrons. The van der Waals surface area contributed by atoms with Crippen molar-refractivity contribution >= 4 is 28.2 Å². The third-order valence-electron chi connectivity index (χ3n) is 2.46. The molecule has 0 amide bonds. The van der Waals surface area contributed by atoms with Gasteiger partial charge in [-0.25, -0.2) is 4.68 Å². The lowest BCUT2D eigenvalue weighted by molar-refractivity contribution is 0.829. The van der Waals surface area contributed by atoms with Gasteiger partial charge < -0.3 is 5.73 Å². The molecule has 3 rings (SSSR count). The lowest BCUT2D eigenvalue weighted by Gasteiger charge is -2.03. The van der Waals surface area contributed by atoms with Gasteiger partial charge in [0.1, 0.15) is 5.02 Å². The number of nitrogens with zero attached hydrogens (tertiary/aromatic N) is 4. The molecule has 0 spiro atoms. The molecule has 2 aromatic heterocycles. The van der Waals surface area contributed by atoms with Crippen LogP contribution in [0.2, 0.25) is 5.02 Å². The molecule has 0 bridgehead atoms.